The molecule has 0 bridgehead atoms. The number of carbonyl (C=O) groups excluding carboxylic acids is 1. The second kappa shape index (κ2) is 8.03. The predicted octanol–water partition coefficient (Wildman–Crippen LogP) is 3.78. The molecule has 1 amide bonds. The molecular formula is C22H22FN3O3. The number of likely N-dealkylation sites (tertiary alicyclic amines) is 1. The molecule has 29 heavy (non-hydrogen) atoms. The Hall–Kier alpha value is -3.22. The molecule has 6 nitrogen and oxygen atoms in total. The Morgan fingerprint density at radius 2 is 2.07 bits per heavy atom. The van der Waals surface area contributed by atoms with Crippen molar-refractivity contribution in [2.45, 2.75) is 24.9 Å². The van der Waals surface area contributed by atoms with E-state index in [4.69, 9.17) is 9.26 Å². The Kier molecular flexibility index (Phi) is 5.29. The number of rotatable bonds is 5. The molecule has 150 valence electrons. The molecule has 1 atom stereocenters. The van der Waals surface area contributed by atoms with Crippen LogP contribution in [0.5, 0.6) is 5.75 Å². The Morgan fingerprint density at radius 3 is 2.86 bits per heavy atom. The van der Waals surface area contributed by atoms with Crippen molar-refractivity contribution in [2.24, 2.45) is 0 Å². The number of nitrogens with zero attached hydrogens (tertiary/aromatic N) is 3. The van der Waals surface area contributed by atoms with Crippen LogP contribution in [-0.4, -0.2) is 41.1 Å². The van der Waals surface area contributed by atoms with Gasteiger partial charge in [0.1, 0.15) is 5.75 Å². The summed E-state index contributed by atoms with van der Waals surface area (Å²) in [5.41, 5.74) is -0.260. The van der Waals surface area contributed by atoms with Gasteiger partial charge in [0.2, 0.25) is 17.4 Å². The van der Waals surface area contributed by atoms with Gasteiger partial charge in [0, 0.05) is 12.1 Å². The van der Waals surface area contributed by atoms with Crippen molar-refractivity contribution in [1.29, 1.82) is 0 Å². The van der Waals surface area contributed by atoms with E-state index >= 15 is 4.39 Å². The molecule has 0 N–H and O–H groups in total. The number of amides is 1. The number of piperidine rings is 1. The smallest absolute Gasteiger partial charge is 0.266 e. The van der Waals surface area contributed by atoms with Gasteiger partial charge in [-0.2, -0.15) is 4.98 Å². The molecule has 1 unspecified atom stereocenters. The van der Waals surface area contributed by atoms with Crippen molar-refractivity contribution < 1.29 is 18.4 Å². The summed E-state index contributed by atoms with van der Waals surface area (Å²) in [7, 11) is 1.58. The van der Waals surface area contributed by atoms with Crippen LogP contribution in [0.4, 0.5) is 4.39 Å². The minimum absolute atomic E-state index is 0.0739. The number of carbonyl (C=O) groups is 1. The van der Waals surface area contributed by atoms with Gasteiger partial charge in [0.15, 0.2) is 0 Å². The highest BCUT2D eigenvalue weighted by atomic mass is 19.1. The third-order valence-corrected chi connectivity index (χ3v) is 5.13. The molecule has 4 rings (SSSR count). The summed E-state index contributed by atoms with van der Waals surface area (Å²) in [5, 5.41) is 3.92. The number of aromatic nitrogens is 2. The largest absolute Gasteiger partial charge is 0.497 e. The van der Waals surface area contributed by atoms with Crippen LogP contribution >= 0.6 is 0 Å². The molecule has 3 aromatic rings. The molecular weight excluding hydrogens is 373 g/mol. The lowest BCUT2D eigenvalue weighted by atomic mass is 9.94. The topological polar surface area (TPSA) is 68.5 Å². The summed E-state index contributed by atoms with van der Waals surface area (Å²) >= 11 is 0. The number of ether oxygens (including phenoxy) is 1. The summed E-state index contributed by atoms with van der Waals surface area (Å²) in [6, 6.07) is 16.6. The molecule has 0 spiro atoms. The van der Waals surface area contributed by atoms with Gasteiger partial charge in [0.05, 0.1) is 20.1 Å². The fourth-order valence-corrected chi connectivity index (χ4v) is 3.58. The highest BCUT2D eigenvalue weighted by Gasteiger charge is 2.43. The van der Waals surface area contributed by atoms with Gasteiger partial charge in [-0.05, 0) is 30.5 Å². The number of methoxy groups -OCH3 is 1. The van der Waals surface area contributed by atoms with Gasteiger partial charge in [-0.3, -0.25) is 4.79 Å². The van der Waals surface area contributed by atoms with Crippen molar-refractivity contribution in [3.8, 4) is 17.1 Å². The summed E-state index contributed by atoms with van der Waals surface area (Å²) in [6.45, 7) is 0.417. The molecule has 0 saturated carbocycles. The van der Waals surface area contributed by atoms with Crippen LogP contribution in [0.15, 0.2) is 59.1 Å². The number of halogens is 1. The molecule has 7 heteroatoms. The minimum atomic E-state index is -1.84. The third-order valence-electron chi connectivity index (χ3n) is 5.13. The first kappa shape index (κ1) is 19.1. The average Bonchev–Trinajstić information content (AvgIpc) is 3.26. The van der Waals surface area contributed by atoms with Crippen LogP contribution in [0.3, 0.4) is 0 Å². The van der Waals surface area contributed by atoms with E-state index in [1.807, 2.05) is 54.6 Å². The van der Waals surface area contributed by atoms with E-state index in [0.29, 0.717) is 24.5 Å². The molecule has 0 radical (unpaired) electrons. The minimum Gasteiger partial charge on any atom is -0.497 e. The third kappa shape index (κ3) is 4.13. The second-order valence-electron chi connectivity index (χ2n) is 7.20. The van der Waals surface area contributed by atoms with Crippen molar-refractivity contribution in [1.82, 2.24) is 15.0 Å². The zero-order valence-corrected chi connectivity index (χ0v) is 16.2. The SMILES string of the molecule is COc1cccc(CC(=O)N2CCCC(F)(c3nc(-c4ccccc4)no3)C2)c1. The first-order valence-corrected chi connectivity index (χ1v) is 9.57. The van der Waals surface area contributed by atoms with E-state index in [9.17, 15) is 4.79 Å². The Balaban J connectivity index is 1.48. The monoisotopic (exact) mass is 395 g/mol. The molecule has 1 saturated heterocycles. The van der Waals surface area contributed by atoms with E-state index in [2.05, 4.69) is 10.1 Å². The lowest BCUT2D eigenvalue weighted by molar-refractivity contribution is -0.135. The molecule has 1 fully saturated rings. The molecule has 1 aliphatic rings. The molecule has 0 aliphatic carbocycles. The van der Waals surface area contributed by atoms with Crippen molar-refractivity contribution in [3.05, 3.63) is 66.1 Å². The number of benzene rings is 2. The van der Waals surface area contributed by atoms with E-state index in [0.717, 1.165) is 11.1 Å². The summed E-state index contributed by atoms with van der Waals surface area (Å²) in [5.74, 6) is 0.823. The summed E-state index contributed by atoms with van der Waals surface area (Å²) in [6.07, 6.45) is 0.960. The zero-order valence-electron chi connectivity index (χ0n) is 16.2. The van der Waals surface area contributed by atoms with Crippen LogP contribution in [0.1, 0.15) is 24.3 Å². The number of hydrogen-bond acceptors (Lipinski definition) is 5. The fraction of sp³-hybridized carbons (Fsp3) is 0.318. The molecule has 2 aromatic carbocycles. The molecule has 2 heterocycles. The average molecular weight is 395 g/mol. The second-order valence-corrected chi connectivity index (χ2v) is 7.20. The first-order valence-electron chi connectivity index (χ1n) is 9.57. The molecule has 1 aromatic heterocycles. The number of hydrogen-bond donors (Lipinski definition) is 0. The highest BCUT2D eigenvalue weighted by Crippen LogP contribution is 2.35. The van der Waals surface area contributed by atoms with E-state index in [-0.39, 0.29) is 31.2 Å². The van der Waals surface area contributed by atoms with Gasteiger partial charge in [-0.15, -0.1) is 0 Å². The maximum absolute atomic E-state index is 15.7. The summed E-state index contributed by atoms with van der Waals surface area (Å²) in [4.78, 5) is 18.6. The van der Waals surface area contributed by atoms with Crippen LogP contribution in [-0.2, 0) is 16.9 Å². The predicted molar refractivity (Wildman–Crippen MR) is 105 cm³/mol. The fourth-order valence-electron chi connectivity index (χ4n) is 3.58. The normalized spacial score (nSPS) is 19.2. The van der Waals surface area contributed by atoms with Crippen LogP contribution in [0, 0.1) is 0 Å². The number of alkyl halides is 1. The summed E-state index contributed by atoms with van der Waals surface area (Å²) < 4.78 is 26.1. The van der Waals surface area contributed by atoms with Crippen molar-refractivity contribution in [2.75, 3.05) is 20.2 Å². The quantitative estimate of drug-likeness (QED) is 0.658. The van der Waals surface area contributed by atoms with Gasteiger partial charge < -0.3 is 14.2 Å². The lowest BCUT2D eigenvalue weighted by Gasteiger charge is -2.35. The Labute approximate surface area is 168 Å². The van der Waals surface area contributed by atoms with Gasteiger partial charge in [-0.25, -0.2) is 4.39 Å². The van der Waals surface area contributed by atoms with E-state index in [1.165, 1.54) is 4.90 Å². The zero-order chi connectivity index (χ0) is 20.3. The van der Waals surface area contributed by atoms with Crippen LogP contribution in [0.25, 0.3) is 11.4 Å². The Morgan fingerprint density at radius 1 is 1.24 bits per heavy atom. The lowest BCUT2D eigenvalue weighted by Crippen LogP contribution is -2.47. The maximum Gasteiger partial charge on any atom is 0.266 e. The standard InChI is InChI=1S/C22H22FN3O3/c1-28-18-10-5-7-16(13-18)14-19(27)26-12-6-11-22(23,15-26)21-24-20(25-29-21)17-8-3-2-4-9-17/h2-5,7-10,13H,6,11-12,14-15H2,1H3. The highest BCUT2D eigenvalue weighted by molar-refractivity contribution is 5.79. The van der Waals surface area contributed by atoms with Crippen molar-refractivity contribution in [3.63, 3.8) is 0 Å². The van der Waals surface area contributed by atoms with E-state index in [1.54, 1.807) is 7.11 Å². The van der Waals surface area contributed by atoms with E-state index < -0.39 is 5.67 Å². The first-order chi connectivity index (χ1) is 14.1. The van der Waals surface area contributed by atoms with Gasteiger partial charge >= 0.3 is 0 Å². The van der Waals surface area contributed by atoms with Crippen LogP contribution in [0.2, 0.25) is 0 Å². The maximum atomic E-state index is 15.7. The Bertz CT molecular complexity index is 992. The van der Waals surface area contributed by atoms with Crippen LogP contribution < -0.4 is 4.74 Å². The molecule has 1 aliphatic heterocycles. The van der Waals surface area contributed by atoms with Gasteiger partial charge in [0.25, 0.3) is 5.89 Å². The van der Waals surface area contributed by atoms with Crippen molar-refractivity contribution >= 4 is 5.91 Å². The van der Waals surface area contributed by atoms with Gasteiger partial charge in [-0.1, -0.05) is 47.6 Å².